The summed E-state index contributed by atoms with van der Waals surface area (Å²) in [4.78, 5) is 54.3. The zero-order valence-electron chi connectivity index (χ0n) is 17.0. The van der Waals surface area contributed by atoms with Gasteiger partial charge in [0.2, 0.25) is 5.91 Å². The Bertz CT molecular complexity index is 1010. The standard InChI is InChI=1S/C19H21N5O6S/c1-3-30-18(27)14-11-31-19(20-14)21-17(26)13-4-5-15(16(10-13)24(28)29)23-8-6-22(7-9-23)12(2)25/h4-5,10-11H,3,6-9H2,1-2H3,(H,20,21,26). The fourth-order valence-corrected chi connectivity index (χ4v) is 3.81. The Kier molecular flexibility index (Phi) is 6.80. The fraction of sp³-hybridized carbons (Fsp3) is 0.368. The Balaban J connectivity index is 1.75. The van der Waals surface area contributed by atoms with E-state index in [-0.39, 0.29) is 34.6 Å². The van der Waals surface area contributed by atoms with Crippen molar-refractivity contribution < 1.29 is 24.0 Å². The lowest BCUT2D eigenvalue weighted by atomic mass is 10.1. The van der Waals surface area contributed by atoms with Crippen molar-refractivity contribution in [1.82, 2.24) is 9.88 Å². The molecular weight excluding hydrogens is 426 g/mol. The third kappa shape index (κ3) is 5.15. The van der Waals surface area contributed by atoms with E-state index in [9.17, 15) is 24.5 Å². The van der Waals surface area contributed by atoms with Gasteiger partial charge in [-0.25, -0.2) is 9.78 Å². The number of hydrogen-bond donors (Lipinski definition) is 1. The normalized spacial score (nSPS) is 13.6. The van der Waals surface area contributed by atoms with Crippen LogP contribution in [0, 0.1) is 10.1 Å². The lowest BCUT2D eigenvalue weighted by Gasteiger charge is -2.35. The van der Waals surface area contributed by atoms with E-state index in [4.69, 9.17) is 4.74 Å². The highest BCUT2D eigenvalue weighted by molar-refractivity contribution is 7.14. The summed E-state index contributed by atoms with van der Waals surface area (Å²) in [6.45, 7) is 5.24. The summed E-state index contributed by atoms with van der Waals surface area (Å²) >= 11 is 1.05. The number of anilines is 2. The highest BCUT2D eigenvalue weighted by Crippen LogP contribution is 2.30. The average molecular weight is 447 g/mol. The molecular formula is C19H21N5O6S. The molecule has 0 unspecified atom stereocenters. The summed E-state index contributed by atoms with van der Waals surface area (Å²) in [5, 5.41) is 15.8. The van der Waals surface area contributed by atoms with Crippen molar-refractivity contribution in [2.45, 2.75) is 13.8 Å². The summed E-state index contributed by atoms with van der Waals surface area (Å²) in [6, 6.07) is 4.24. The van der Waals surface area contributed by atoms with Crippen molar-refractivity contribution in [2.24, 2.45) is 0 Å². The number of nitro groups is 1. The highest BCUT2D eigenvalue weighted by atomic mass is 32.1. The quantitative estimate of drug-likeness (QED) is 0.404. The number of carbonyl (C=O) groups excluding carboxylic acids is 3. The summed E-state index contributed by atoms with van der Waals surface area (Å²) < 4.78 is 4.85. The summed E-state index contributed by atoms with van der Waals surface area (Å²) in [6.07, 6.45) is 0. The molecule has 12 heteroatoms. The number of rotatable bonds is 6. The van der Waals surface area contributed by atoms with Crippen molar-refractivity contribution in [2.75, 3.05) is 43.0 Å². The number of nitrogens with zero attached hydrogens (tertiary/aromatic N) is 4. The zero-order chi connectivity index (χ0) is 22.5. The maximum absolute atomic E-state index is 12.6. The third-order valence-corrected chi connectivity index (χ3v) is 5.47. The van der Waals surface area contributed by atoms with Gasteiger partial charge in [-0.3, -0.25) is 25.0 Å². The lowest BCUT2D eigenvalue weighted by molar-refractivity contribution is -0.384. The van der Waals surface area contributed by atoms with Gasteiger partial charge in [0, 0.05) is 50.1 Å². The molecule has 0 spiro atoms. The van der Waals surface area contributed by atoms with Gasteiger partial charge in [0.05, 0.1) is 11.5 Å². The molecule has 1 aliphatic rings. The van der Waals surface area contributed by atoms with Crippen molar-refractivity contribution in [1.29, 1.82) is 0 Å². The molecule has 1 saturated heterocycles. The number of carbonyl (C=O) groups is 3. The van der Waals surface area contributed by atoms with Gasteiger partial charge < -0.3 is 14.5 Å². The molecule has 2 amide bonds. The van der Waals surface area contributed by atoms with Gasteiger partial charge in [0.25, 0.3) is 11.6 Å². The molecule has 0 radical (unpaired) electrons. The molecule has 2 aromatic rings. The average Bonchev–Trinajstić information content (AvgIpc) is 3.22. The summed E-state index contributed by atoms with van der Waals surface area (Å²) in [7, 11) is 0. The fourth-order valence-electron chi connectivity index (χ4n) is 3.14. The van der Waals surface area contributed by atoms with Crippen LogP contribution in [0.3, 0.4) is 0 Å². The van der Waals surface area contributed by atoms with E-state index in [1.54, 1.807) is 11.8 Å². The molecule has 0 bridgehead atoms. The predicted octanol–water partition coefficient (Wildman–Crippen LogP) is 2.15. The Hall–Kier alpha value is -3.54. The maximum Gasteiger partial charge on any atom is 0.357 e. The molecule has 0 atom stereocenters. The molecule has 1 N–H and O–H groups in total. The second-order valence-corrected chi connectivity index (χ2v) is 7.52. The van der Waals surface area contributed by atoms with Crippen molar-refractivity contribution in [3.63, 3.8) is 0 Å². The molecule has 2 heterocycles. The van der Waals surface area contributed by atoms with Crippen LogP contribution in [0.25, 0.3) is 0 Å². The van der Waals surface area contributed by atoms with Crippen LogP contribution in [0.15, 0.2) is 23.6 Å². The minimum atomic E-state index is -0.593. The monoisotopic (exact) mass is 447 g/mol. The number of esters is 1. The first kappa shape index (κ1) is 22.2. The van der Waals surface area contributed by atoms with Gasteiger partial charge in [-0.15, -0.1) is 11.3 Å². The number of ether oxygens (including phenoxy) is 1. The Morgan fingerprint density at radius 3 is 2.58 bits per heavy atom. The Morgan fingerprint density at radius 2 is 1.97 bits per heavy atom. The van der Waals surface area contributed by atoms with Crippen molar-refractivity contribution in [3.05, 3.63) is 45.0 Å². The minimum absolute atomic E-state index is 0.0329. The van der Waals surface area contributed by atoms with Crippen molar-refractivity contribution in [3.8, 4) is 0 Å². The van der Waals surface area contributed by atoms with Crippen LogP contribution in [-0.2, 0) is 9.53 Å². The second kappa shape index (κ2) is 9.51. The van der Waals surface area contributed by atoms with E-state index >= 15 is 0 Å². The molecule has 11 nitrogen and oxygen atoms in total. The molecule has 1 aromatic heterocycles. The number of nitro benzene ring substituents is 1. The number of aromatic nitrogens is 1. The van der Waals surface area contributed by atoms with Crippen LogP contribution in [-0.4, -0.2) is 65.4 Å². The number of benzene rings is 1. The lowest BCUT2D eigenvalue weighted by Crippen LogP contribution is -2.48. The summed E-state index contributed by atoms with van der Waals surface area (Å²) in [5.74, 6) is -1.21. The van der Waals surface area contributed by atoms with Crippen LogP contribution in [0.4, 0.5) is 16.5 Å². The number of nitrogens with one attached hydrogen (secondary N) is 1. The first-order valence-corrected chi connectivity index (χ1v) is 10.4. The van der Waals surface area contributed by atoms with Crippen LogP contribution < -0.4 is 10.2 Å². The molecule has 3 rings (SSSR count). The van der Waals surface area contributed by atoms with E-state index in [1.807, 2.05) is 4.90 Å². The first-order chi connectivity index (χ1) is 14.8. The highest BCUT2D eigenvalue weighted by Gasteiger charge is 2.26. The molecule has 164 valence electrons. The van der Waals surface area contributed by atoms with E-state index < -0.39 is 16.8 Å². The topological polar surface area (TPSA) is 135 Å². The van der Waals surface area contributed by atoms with Crippen molar-refractivity contribution >= 4 is 45.6 Å². The molecule has 0 aliphatic carbocycles. The smallest absolute Gasteiger partial charge is 0.357 e. The Labute approximate surface area is 181 Å². The summed E-state index contributed by atoms with van der Waals surface area (Å²) in [5.41, 5.74) is 0.359. The molecule has 31 heavy (non-hydrogen) atoms. The maximum atomic E-state index is 12.6. The second-order valence-electron chi connectivity index (χ2n) is 6.67. The van der Waals surface area contributed by atoms with Gasteiger partial charge in [0.1, 0.15) is 5.69 Å². The van der Waals surface area contributed by atoms with Gasteiger partial charge in [-0.1, -0.05) is 0 Å². The predicted molar refractivity (Wildman–Crippen MR) is 114 cm³/mol. The van der Waals surface area contributed by atoms with Gasteiger partial charge in [-0.05, 0) is 19.1 Å². The largest absolute Gasteiger partial charge is 0.461 e. The van der Waals surface area contributed by atoms with E-state index in [0.717, 1.165) is 11.3 Å². The van der Waals surface area contributed by atoms with E-state index in [1.165, 1.54) is 30.5 Å². The first-order valence-electron chi connectivity index (χ1n) is 9.53. The van der Waals surface area contributed by atoms with Gasteiger partial charge in [0.15, 0.2) is 10.8 Å². The SMILES string of the molecule is CCOC(=O)c1csc(NC(=O)c2ccc(N3CCN(C(C)=O)CC3)c([N+](=O)[O-])c2)n1. The van der Waals surface area contributed by atoms with Crippen LogP contribution in [0.1, 0.15) is 34.7 Å². The van der Waals surface area contributed by atoms with Crippen LogP contribution in [0.2, 0.25) is 0 Å². The van der Waals surface area contributed by atoms with Gasteiger partial charge >= 0.3 is 5.97 Å². The van der Waals surface area contributed by atoms with Crippen LogP contribution in [0.5, 0.6) is 0 Å². The molecule has 1 aromatic carbocycles. The number of piperazine rings is 1. The van der Waals surface area contributed by atoms with Gasteiger partial charge in [-0.2, -0.15) is 0 Å². The Morgan fingerprint density at radius 1 is 1.26 bits per heavy atom. The number of hydrogen-bond acceptors (Lipinski definition) is 9. The number of amides is 2. The minimum Gasteiger partial charge on any atom is -0.461 e. The third-order valence-electron chi connectivity index (χ3n) is 4.71. The number of thiazole rings is 1. The molecule has 1 aliphatic heterocycles. The van der Waals surface area contributed by atoms with E-state index in [2.05, 4.69) is 10.3 Å². The molecule has 1 fully saturated rings. The van der Waals surface area contributed by atoms with E-state index in [0.29, 0.717) is 31.9 Å². The zero-order valence-corrected chi connectivity index (χ0v) is 17.8. The van der Waals surface area contributed by atoms with Crippen LogP contribution >= 0.6 is 11.3 Å². The molecule has 0 saturated carbocycles.